The molecule has 0 radical (unpaired) electrons. The average Bonchev–Trinajstić information content (AvgIpc) is 2.60. The lowest BCUT2D eigenvalue weighted by atomic mass is 10.2. The lowest BCUT2D eigenvalue weighted by molar-refractivity contribution is 0.0529. The molecule has 0 aliphatic carbocycles. The van der Waals surface area contributed by atoms with Crippen molar-refractivity contribution in [3.8, 4) is 0 Å². The first-order valence-corrected chi connectivity index (χ1v) is 8.07. The van der Waals surface area contributed by atoms with Gasteiger partial charge in [0.25, 0.3) is 5.91 Å². The molecular formula is C18H22N4O2. The number of morpholine rings is 1. The number of carbonyl (C=O) groups excluding carboxylic acids is 1. The lowest BCUT2D eigenvalue weighted by Gasteiger charge is -2.32. The highest BCUT2D eigenvalue weighted by Gasteiger charge is 2.17. The predicted octanol–water partition coefficient (Wildman–Crippen LogP) is 1.82. The van der Waals surface area contributed by atoms with Crippen LogP contribution < -0.4 is 16.0 Å². The molecule has 1 atom stereocenters. The highest BCUT2D eigenvalue weighted by molar-refractivity contribution is 5.94. The number of nitrogens with zero attached hydrogens (tertiary/aromatic N) is 2. The van der Waals surface area contributed by atoms with Gasteiger partial charge in [0.2, 0.25) is 0 Å². The number of hydrogen-bond acceptors (Lipinski definition) is 5. The second kappa shape index (κ2) is 7.31. The maximum Gasteiger partial charge on any atom is 0.251 e. The van der Waals surface area contributed by atoms with Gasteiger partial charge in [0.15, 0.2) is 0 Å². The third-order valence-corrected chi connectivity index (χ3v) is 3.98. The lowest BCUT2D eigenvalue weighted by Crippen LogP contribution is -2.41. The fourth-order valence-electron chi connectivity index (χ4n) is 2.70. The molecule has 3 rings (SSSR count). The van der Waals surface area contributed by atoms with Crippen LogP contribution in [0, 0.1) is 0 Å². The molecule has 1 aromatic carbocycles. The van der Waals surface area contributed by atoms with Crippen LogP contribution in [-0.2, 0) is 11.3 Å². The zero-order chi connectivity index (χ0) is 16.9. The maximum absolute atomic E-state index is 12.1. The first kappa shape index (κ1) is 16.3. The van der Waals surface area contributed by atoms with Crippen molar-refractivity contribution in [3.63, 3.8) is 0 Å². The van der Waals surface area contributed by atoms with Gasteiger partial charge in [0.05, 0.1) is 12.7 Å². The predicted molar refractivity (Wildman–Crippen MR) is 93.9 cm³/mol. The van der Waals surface area contributed by atoms with Gasteiger partial charge in [0.1, 0.15) is 5.82 Å². The standard InChI is InChI=1S/C18H22N4O2/c1-13-12-22(7-8-24-13)17-6-5-14(10-20-17)11-21-18(23)15-3-2-4-16(19)9-15/h2-6,9-10,13H,7-8,11-12,19H2,1H3,(H,21,23). The molecule has 6 heteroatoms. The maximum atomic E-state index is 12.1. The molecule has 0 bridgehead atoms. The Morgan fingerprint density at radius 2 is 2.29 bits per heavy atom. The summed E-state index contributed by atoms with van der Waals surface area (Å²) < 4.78 is 5.54. The van der Waals surface area contributed by atoms with Crippen LogP contribution in [0.2, 0.25) is 0 Å². The molecule has 1 fully saturated rings. The molecule has 24 heavy (non-hydrogen) atoms. The van der Waals surface area contributed by atoms with E-state index in [2.05, 4.69) is 22.1 Å². The van der Waals surface area contributed by atoms with Gasteiger partial charge in [-0.25, -0.2) is 4.98 Å². The van der Waals surface area contributed by atoms with Crippen molar-refractivity contribution in [1.29, 1.82) is 0 Å². The summed E-state index contributed by atoms with van der Waals surface area (Å²) >= 11 is 0. The van der Waals surface area contributed by atoms with Crippen LogP contribution in [0.5, 0.6) is 0 Å². The van der Waals surface area contributed by atoms with E-state index in [4.69, 9.17) is 10.5 Å². The zero-order valence-corrected chi connectivity index (χ0v) is 13.7. The fourth-order valence-corrected chi connectivity index (χ4v) is 2.70. The van der Waals surface area contributed by atoms with Gasteiger partial charge < -0.3 is 20.7 Å². The summed E-state index contributed by atoms with van der Waals surface area (Å²) in [5, 5.41) is 2.88. The van der Waals surface area contributed by atoms with Gasteiger partial charge in [-0.05, 0) is 36.8 Å². The summed E-state index contributed by atoms with van der Waals surface area (Å²) in [6.07, 6.45) is 2.02. The Morgan fingerprint density at radius 3 is 3.00 bits per heavy atom. The molecule has 3 N–H and O–H groups in total. The molecule has 1 saturated heterocycles. The first-order valence-electron chi connectivity index (χ1n) is 8.07. The number of ether oxygens (including phenoxy) is 1. The largest absolute Gasteiger partial charge is 0.399 e. The minimum absolute atomic E-state index is 0.145. The van der Waals surface area contributed by atoms with Gasteiger partial charge in [-0.3, -0.25) is 4.79 Å². The van der Waals surface area contributed by atoms with E-state index in [1.54, 1.807) is 30.5 Å². The van der Waals surface area contributed by atoms with Crippen molar-refractivity contribution in [3.05, 3.63) is 53.7 Å². The van der Waals surface area contributed by atoms with E-state index in [0.717, 1.165) is 31.1 Å². The minimum Gasteiger partial charge on any atom is -0.399 e. The number of hydrogen-bond donors (Lipinski definition) is 2. The molecule has 126 valence electrons. The second-order valence-corrected chi connectivity index (χ2v) is 5.96. The van der Waals surface area contributed by atoms with Crippen LogP contribution in [-0.4, -0.2) is 36.7 Å². The van der Waals surface area contributed by atoms with E-state index < -0.39 is 0 Å². The van der Waals surface area contributed by atoms with E-state index >= 15 is 0 Å². The van der Waals surface area contributed by atoms with Crippen LogP contribution in [0.1, 0.15) is 22.8 Å². The Morgan fingerprint density at radius 1 is 1.42 bits per heavy atom. The van der Waals surface area contributed by atoms with Crippen LogP contribution in [0.4, 0.5) is 11.5 Å². The summed E-state index contributed by atoms with van der Waals surface area (Å²) in [6.45, 7) is 4.91. The highest BCUT2D eigenvalue weighted by atomic mass is 16.5. The fraction of sp³-hybridized carbons (Fsp3) is 0.333. The summed E-state index contributed by atoms with van der Waals surface area (Å²) in [4.78, 5) is 18.8. The molecule has 1 aliphatic heterocycles. The Kier molecular flexibility index (Phi) is 4.96. The van der Waals surface area contributed by atoms with Crippen molar-refractivity contribution in [1.82, 2.24) is 10.3 Å². The number of rotatable bonds is 4. The highest BCUT2D eigenvalue weighted by Crippen LogP contribution is 2.15. The molecule has 1 amide bonds. The Balaban J connectivity index is 1.57. The minimum atomic E-state index is -0.145. The van der Waals surface area contributed by atoms with E-state index in [1.165, 1.54) is 0 Å². The average molecular weight is 326 g/mol. The first-order chi connectivity index (χ1) is 11.6. The second-order valence-electron chi connectivity index (χ2n) is 5.96. The normalized spacial score (nSPS) is 17.5. The van der Waals surface area contributed by atoms with E-state index in [0.29, 0.717) is 17.8 Å². The molecule has 0 saturated carbocycles. The van der Waals surface area contributed by atoms with Gasteiger partial charge in [-0.2, -0.15) is 0 Å². The zero-order valence-electron chi connectivity index (χ0n) is 13.7. The van der Waals surface area contributed by atoms with Crippen LogP contribution in [0.3, 0.4) is 0 Å². The number of benzene rings is 1. The molecule has 1 aliphatic rings. The number of carbonyl (C=O) groups is 1. The van der Waals surface area contributed by atoms with Crippen molar-refractivity contribution in [2.24, 2.45) is 0 Å². The molecule has 1 aromatic heterocycles. The molecule has 6 nitrogen and oxygen atoms in total. The van der Waals surface area contributed by atoms with Gasteiger partial charge in [-0.15, -0.1) is 0 Å². The SMILES string of the molecule is CC1CN(c2ccc(CNC(=O)c3cccc(N)c3)cn2)CCO1. The van der Waals surface area contributed by atoms with E-state index in [1.807, 2.05) is 12.1 Å². The van der Waals surface area contributed by atoms with E-state index in [-0.39, 0.29) is 12.0 Å². The number of aromatic nitrogens is 1. The molecule has 0 spiro atoms. The van der Waals surface area contributed by atoms with Crippen molar-refractivity contribution >= 4 is 17.4 Å². The third kappa shape index (κ3) is 4.02. The number of anilines is 2. The molecule has 2 heterocycles. The van der Waals surface area contributed by atoms with Crippen molar-refractivity contribution in [2.75, 3.05) is 30.3 Å². The topological polar surface area (TPSA) is 80.5 Å². The summed E-state index contributed by atoms with van der Waals surface area (Å²) in [5.41, 5.74) is 7.79. The number of nitrogens with two attached hydrogens (primary N) is 1. The van der Waals surface area contributed by atoms with Crippen LogP contribution in [0.25, 0.3) is 0 Å². The van der Waals surface area contributed by atoms with Gasteiger partial charge in [0, 0.05) is 37.1 Å². The Labute approximate surface area is 141 Å². The summed E-state index contributed by atoms with van der Waals surface area (Å²) in [6, 6.07) is 10.9. The number of nitrogens with one attached hydrogen (secondary N) is 1. The number of pyridine rings is 1. The monoisotopic (exact) mass is 326 g/mol. The van der Waals surface area contributed by atoms with Crippen LogP contribution in [0.15, 0.2) is 42.6 Å². The molecule has 1 unspecified atom stereocenters. The number of nitrogen functional groups attached to an aromatic ring is 1. The Bertz CT molecular complexity index is 702. The smallest absolute Gasteiger partial charge is 0.251 e. The summed E-state index contributed by atoms with van der Waals surface area (Å²) in [7, 11) is 0. The molecular weight excluding hydrogens is 304 g/mol. The summed E-state index contributed by atoms with van der Waals surface area (Å²) in [5.74, 6) is 0.796. The number of amides is 1. The quantitative estimate of drug-likeness (QED) is 0.838. The van der Waals surface area contributed by atoms with Gasteiger partial charge >= 0.3 is 0 Å². The third-order valence-electron chi connectivity index (χ3n) is 3.98. The van der Waals surface area contributed by atoms with Crippen molar-refractivity contribution in [2.45, 2.75) is 19.6 Å². The van der Waals surface area contributed by atoms with E-state index in [9.17, 15) is 4.79 Å². The van der Waals surface area contributed by atoms with Crippen molar-refractivity contribution < 1.29 is 9.53 Å². The molecule has 2 aromatic rings. The Hall–Kier alpha value is -2.60. The van der Waals surface area contributed by atoms with Gasteiger partial charge in [-0.1, -0.05) is 12.1 Å². The van der Waals surface area contributed by atoms with Crippen LogP contribution >= 0.6 is 0 Å².